The van der Waals surface area contributed by atoms with Crippen molar-refractivity contribution in [1.82, 2.24) is 10.2 Å². The van der Waals surface area contributed by atoms with Crippen LogP contribution in [0.25, 0.3) is 0 Å². The van der Waals surface area contributed by atoms with Crippen LogP contribution >= 0.6 is 0 Å². The standard InChI is InChI=1S/C13H26N2O2/c1-11(13(16)17)10-14-7-5-9-15-8-4-3-6-12(15)2/h11-12,14H,3-10H2,1-2H3,(H,16,17). The number of rotatable bonds is 7. The number of aliphatic carboxylic acids is 1. The molecule has 4 heteroatoms. The lowest BCUT2D eigenvalue weighted by Crippen LogP contribution is -2.39. The maximum Gasteiger partial charge on any atom is 0.307 e. The predicted molar refractivity (Wildman–Crippen MR) is 69.2 cm³/mol. The molecule has 4 nitrogen and oxygen atoms in total. The Hall–Kier alpha value is -0.610. The van der Waals surface area contributed by atoms with Gasteiger partial charge in [0.25, 0.3) is 0 Å². The number of nitrogens with zero attached hydrogens (tertiary/aromatic N) is 1. The lowest BCUT2D eigenvalue weighted by Gasteiger charge is -2.33. The minimum Gasteiger partial charge on any atom is -0.481 e. The first kappa shape index (κ1) is 14.5. The second-order valence-corrected chi connectivity index (χ2v) is 5.18. The predicted octanol–water partition coefficient (Wildman–Crippen LogP) is 1.56. The van der Waals surface area contributed by atoms with Crippen LogP contribution in [-0.4, -0.2) is 48.2 Å². The fraction of sp³-hybridized carbons (Fsp3) is 0.923. The third-order valence-corrected chi connectivity index (χ3v) is 3.61. The van der Waals surface area contributed by atoms with Gasteiger partial charge < -0.3 is 15.3 Å². The number of likely N-dealkylation sites (tertiary alicyclic amines) is 1. The van der Waals surface area contributed by atoms with E-state index in [1.807, 2.05) is 0 Å². The van der Waals surface area contributed by atoms with Crippen LogP contribution in [0.3, 0.4) is 0 Å². The molecule has 2 N–H and O–H groups in total. The number of carboxylic acid groups (broad SMARTS) is 1. The van der Waals surface area contributed by atoms with Gasteiger partial charge in [0.1, 0.15) is 0 Å². The summed E-state index contributed by atoms with van der Waals surface area (Å²) in [6.07, 6.45) is 5.13. The van der Waals surface area contributed by atoms with Crippen LogP contribution in [0.4, 0.5) is 0 Å². The van der Waals surface area contributed by atoms with E-state index in [9.17, 15) is 4.79 Å². The van der Waals surface area contributed by atoms with Crippen molar-refractivity contribution in [2.75, 3.05) is 26.2 Å². The number of carboxylic acids is 1. The van der Waals surface area contributed by atoms with Gasteiger partial charge in [-0.15, -0.1) is 0 Å². The Balaban J connectivity index is 2.02. The fourth-order valence-corrected chi connectivity index (χ4v) is 2.30. The molecule has 1 aliphatic heterocycles. The summed E-state index contributed by atoms with van der Waals surface area (Å²) in [6.45, 7) is 7.90. The molecular formula is C13H26N2O2. The van der Waals surface area contributed by atoms with Gasteiger partial charge in [0.15, 0.2) is 0 Å². The molecular weight excluding hydrogens is 216 g/mol. The highest BCUT2D eigenvalue weighted by molar-refractivity contribution is 5.69. The van der Waals surface area contributed by atoms with E-state index in [0.29, 0.717) is 6.54 Å². The van der Waals surface area contributed by atoms with Gasteiger partial charge in [0, 0.05) is 12.6 Å². The molecule has 1 saturated heterocycles. The quantitative estimate of drug-likeness (QED) is 0.665. The monoisotopic (exact) mass is 242 g/mol. The molecule has 1 aliphatic rings. The largest absolute Gasteiger partial charge is 0.481 e. The molecule has 1 rings (SSSR count). The third-order valence-electron chi connectivity index (χ3n) is 3.61. The lowest BCUT2D eigenvalue weighted by molar-refractivity contribution is -0.140. The molecule has 1 fully saturated rings. The Bertz CT molecular complexity index is 233. The second kappa shape index (κ2) is 7.67. The number of nitrogens with one attached hydrogen (secondary N) is 1. The van der Waals surface area contributed by atoms with Crippen molar-refractivity contribution in [2.45, 2.75) is 45.6 Å². The Morgan fingerprint density at radius 2 is 2.29 bits per heavy atom. The molecule has 1 heterocycles. The molecule has 2 atom stereocenters. The van der Waals surface area contributed by atoms with Crippen molar-refractivity contribution in [3.63, 3.8) is 0 Å². The van der Waals surface area contributed by atoms with Crippen LogP contribution in [0.2, 0.25) is 0 Å². The first-order chi connectivity index (χ1) is 8.11. The molecule has 0 saturated carbocycles. The van der Waals surface area contributed by atoms with Crippen molar-refractivity contribution in [2.24, 2.45) is 5.92 Å². The zero-order valence-electron chi connectivity index (χ0n) is 11.1. The van der Waals surface area contributed by atoms with Gasteiger partial charge in [-0.3, -0.25) is 4.79 Å². The maximum absolute atomic E-state index is 10.6. The van der Waals surface area contributed by atoms with Crippen LogP contribution in [0.5, 0.6) is 0 Å². The Kier molecular flexibility index (Phi) is 6.52. The summed E-state index contributed by atoms with van der Waals surface area (Å²) in [5, 5.41) is 11.9. The second-order valence-electron chi connectivity index (χ2n) is 5.18. The van der Waals surface area contributed by atoms with Gasteiger partial charge >= 0.3 is 5.97 Å². The van der Waals surface area contributed by atoms with E-state index >= 15 is 0 Å². The van der Waals surface area contributed by atoms with Gasteiger partial charge in [-0.05, 0) is 45.8 Å². The molecule has 0 aromatic rings. The van der Waals surface area contributed by atoms with E-state index in [1.54, 1.807) is 6.92 Å². The highest BCUT2D eigenvalue weighted by Gasteiger charge is 2.17. The van der Waals surface area contributed by atoms with Crippen molar-refractivity contribution >= 4 is 5.97 Å². The summed E-state index contributed by atoms with van der Waals surface area (Å²) in [7, 11) is 0. The summed E-state index contributed by atoms with van der Waals surface area (Å²) in [5.41, 5.74) is 0. The van der Waals surface area contributed by atoms with Crippen LogP contribution in [0, 0.1) is 5.92 Å². The maximum atomic E-state index is 10.6. The zero-order chi connectivity index (χ0) is 12.7. The van der Waals surface area contributed by atoms with E-state index in [0.717, 1.165) is 25.6 Å². The first-order valence-corrected chi connectivity index (χ1v) is 6.79. The molecule has 0 aromatic heterocycles. The summed E-state index contributed by atoms with van der Waals surface area (Å²) in [4.78, 5) is 13.2. The van der Waals surface area contributed by atoms with Gasteiger partial charge in [-0.2, -0.15) is 0 Å². The number of carbonyl (C=O) groups is 1. The molecule has 0 spiro atoms. The average Bonchev–Trinajstić information content (AvgIpc) is 2.30. The molecule has 0 radical (unpaired) electrons. The highest BCUT2D eigenvalue weighted by Crippen LogP contribution is 2.15. The average molecular weight is 242 g/mol. The summed E-state index contributed by atoms with van der Waals surface area (Å²) < 4.78 is 0. The number of piperidine rings is 1. The lowest BCUT2D eigenvalue weighted by atomic mass is 10.0. The highest BCUT2D eigenvalue weighted by atomic mass is 16.4. The zero-order valence-corrected chi connectivity index (χ0v) is 11.1. The Labute approximate surface area is 104 Å². The fourth-order valence-electron chi connectivity index (χ4n) is 2.30. The van der Waals surface area contributed by atoms with Gasteiger partial charge in [-0.25, -0.2) is 0 Å². The summed E-state index contributed by atoms with van der Waals surface area (Å²) in [5.74, 6) is -1.01. The van der Waals surface area contributed by atoms with Gasteiger partial charge in [0.2, 0.25) is 0 Å². The molecule has 0 aliphatic carbocycles. The summed E-state index contributed by atoms with van der Waals surface area (Å²) in [6, 6.07) is 0.724. The van der Waals surface area contributed by atoms with Crippen LogP contribution in [-0.2, 0) is 4.79 Å². The molecule has 0 amide bonds. The third kappa shape index (κ3) is 5.50. The SMILES string of the molecule is CC(CNCCCN1CCCCC1C)C(=O)O. The van der Waals surface area contributed by atoms with Crippen LogP contribution in [0.1, 0.15) is 39.5 Å². The van der Waals surface area contributed by atoms with Gasteiger partial charge in [-0.1, -0.05) is 13.3 Å². The Morgan fingerprint density at radius 1 is 1.53 bits per heavy atom. The number of hydrogen-bond acceptors (Lipinski definition) is 3. The number of hydrogen-bond donors (Lipinski definition) is 2. The van der Waals surface area contributed by atoms with E-state index in [-0.39, 0.29) is 5.92 Å². The van der Waals surface area contributed by atoms with Crippen LogP contribution in [0.15, 0.2) is 0 Å². The van der Waals surface area contributed by atoms with Crippen molar-refractivity contribution < 1.29 is 9.90 Å². The van der Waals surface area contributed by atoms with Crippen molar-refractivity contribution in [3.05, 3.63) is 0 Å². The van der Waals surface area contributed by atoms with Crippen molar-refractivity contribution in [1.29, 1.82) is 0 Å². The Morgan fingerprint density at radius 3 is 2.94 bits per heavy atom. The summed E-state index contributed by atoms with van der Waals surface area (Å²) >= 11 is 0. The normalized spacial score (nSPS) is 23.5. The van der Waals surface area contributed by atoms with E-state index in [2.05, 4.69) is 17.1 Å². The van der Waals surface area contributed by atoms with Crippen molar-refractivity contribution in [3.8, 4) is 0 Å². The van der Waals surface area contributed by atoms with E-state index < -0.39 is 5.97 Å². The first-order valence-electron chi connectivity index (χ1n) is 6.79. The molecule has 2 unspecified atom stereocenters. The molecule has 0 aromatic carbocycles. The van der Waals surface area contributed by atoms with E-state index in [4.69, 9.17) is 5.11 Å². The minimum atomic E-state index is -0.720. The molecule has 17 heavy (non-hydrogen) atoms. The molecule has 0 bridgehead atoms. The molecule has 100 valence electrons. The smallest absolute Gasteiger partial charge is 0.307 e. The van der Waals surface area contributed by atoms with E-state index in [1.165, 1.54) is 25.8 Å². The van der Waals surface area contributed by atoms with Crippen LogP contribution < -0.4 is 5.32 Å². The van der Waals surface area contributed by atoms with Gasteiger partial charge in [0.05, 0.1) is 5.92 Å². The topological polar surface area (TPSA) is 52.6 Å². The minimum absolute atomic E-state index is 0.288.